The number of likely N-dealkylation sites (N-methyl/N-ethyl adjacent to an activating group) is 2. The number of hydrogen-bond donors (Lipinski definition) is 1. The van der Waals surface area contributed by atoms with E-state index in [0.29, 0.717) is 30.2 Å². The summed E-state index contributed by atoms with van der Waals surface area (Å²) in [7, 11) is 3.83. The SMILES string of the molecule is CN(Cc1ccccc1)CC(O)CN(C)Cc1c(F)cccc1Cl. The summed E-state index contributed by atoms with van der Waals surface area (Å²) in [5, 5.41) is 10.7. The molecule has 0 fully saturated rings. The first kappa shape index (κ1) is 18.9. The molecule has 0 bridgehead atoms. The van der Waals surface area contributed by atoms with Gasteiger partial charge in [0.15, 0.2) is 0 Å². The maximum Gasteiger partial charge on any atom is 0.129 e. The number of halogens is 2. The van der Waals surface area contributed by atoms with Crippen LogP contribution >= 0.6 is 11.6 Å². The summed E-state index contributed by atoms with van der Waals surface area (Å²) in [4.78, 5) is 3.95. The lowest BCUT2D eigenvalue weighted by Gasteiger charge is -2.25. The summed E-state index contributed by atoms with van der Waals surface area (Å²) in [5.74, 6) is -0.315. The van der Waals surface area contributed by atoms with Crippen molar-refractivity contribution < 1.29 is 9.50 Å². The summed E-state index contributed by atoms with van der Waals surface area (Å²) in [6, 6.07) is 14.8. The van der Waals surface area contributed by atoms with Gasteiger partial charge in [-0.1, -0.05) is 48.0 Å². The molecular weight excluding hydrogens is 327 g/mol. The van der Waals surface area contributed by atoms with Gasteiger partial charge in [-0.15, -0.1) is 0 Å². The minimum absolute atomic E-state index is 0.315. The van der Waals surface area contributed by atoms with Crippen molar-refractivity contribution in [2.45, 2.75) is 19.2 Å². The van der Waals surface area contributed by atoms with Crippen LogP contribution < -0.4 is 0 Å². The maximum absolute atomic E-state index is 13.8. The summed E-state index contributed by atoms with van der Waals surface area (Å²) in [6.07, 6.45) is -0.519. The minimum Gasteiger partial charge on any atom is -0.390 e. The molecule has 0 radical (unpaired) electrons. The molecule has 0 amide bonds. The first-order chi connectivity index (χ1) is 11.5. The first-order valence-electron chi connectivity index (χ1n) is 7.97. The van der Waals surface area contributed by atoms with Gasteiger partial charge in [-0.2, -0.15) is 0 Å². The Kier molecular flexibility index (Phi) is 7.18. The molecule has 0 spiro atoms. The maximum atomic E-state index is 13.8. The van der Waals surface area contributed by atoms with Gasteiger partial charge in [0.25, 0.3) is 0 Å². The fourth-order valence-electron chi connectivity index (χ4n) is 2.75. The van der Waals surface area contributed by atoms with E-state index in [1.807, 2.05) is 37.2 Å². The number of hydrogen-bond acceptors (Lipinski definition) is 3. The predicted molar refractivity (Wildman–Crippen MR) is 96.5 cm³/mol. The fourth-order valence-corrected chi connectivity index (χ4v) is 2.98. The zero-order valence-corrected chi connectivity index (χ0v) is 14.9. The van der Waals surface area contributed by atoms with Crippen molar-refractivity contribution in [3.05, 3.63) is 70.5 Å². The molecule has 1 atom stereocenters. The second-order valence-corrected chi connectivity index (χ2v) is 6.64. The van der Waals surface area contributed by atoms with Crippen LogP contribution in [0.15, 0.2) is 48.5 Å². The lowest BCUT2D eigenvalue weighted by Crippen LogP contribution is -2.37. The Bertz CT molecular complexity index is 618. The third kappa shape index (κ3) is 5.87. The third-order valence-electron chi connectivity index (χ3n) is 3.83. The van der Waals surface area contributed by atoms with Gasteiger partial charge in [0.1, 0.15) is 5.82 Å². The first-order valence-corrected chi connectivity index (χ1v) is 8.35. The highest BCUT2D eigenvalue weighted by atomic mass is 35.5. The predicted octanol–water partition coefficient (Wildman–Crippen LogP) is 3.40. The minimum atomic E-state index is -0.519. The van der Waals surface area contributed by atoms with Crippen molar-refractivity contribution in [2.24, 2.45) is 0 Å². The second kappa shape index (κ2) is 9.14. The van der Waals surface area contributed by atoms with E-state index in [1.165, 1.54) is 11.6 Å². The van der Waals surface area contributed by atoms with Crippen LogP contribution in [-0.4, -0.2) is 48.2 Å². The summed E-state index contributed by atoms with van der Waals surface area (Å²) in [6.45, 7) is 2.14. The summed E-state index contributed by atoms with van der Waals surface area (Å²) in [5.41, 5.74) is 1.67. The van der Waals surface area contributed by atoms with Crippen molar-refractivity contribution in [1.82, 2.24) is 9.80 Å². The van der Waals surface area contributed by atoms with Crippen molar-refractivity contribution >= 4 is 11.6 Å². The quantitative estimate of drug-likeness (QED) is 0.790. The van der Waals surface area contributed by atoms with Crippen molar-refractivity contribution in [3.8, 4) is 0 Å². The zero-order chi connectivity index (χ0) is 17.5. The van der Waals surface area contributed by atoms with Crippen LogP contribution in [0, 0.1) is 5.82 Å². The largest absolute Gasteiger partial charge is 0.390 e. The molecule has 0 aliphatic carbocycles. The molecule has 0 saturated heterocycles. The number of benzene rings is 2. The van der Waals surface area contributed by atoms with Crippen molar-refractivity contribution in [3.63, 3.8) is 0 Å². The average molecular weight is 351 g/mol. The Morgan fingerprint density at radius 1 is 0.958 bits per heavy atom. The van der Waals surface area contributed by atoms with Crippen LogP contribution in [0.25, 0.3) is 0 Å². The molecule has 3 nitrogen and oxygen atoms in total. The molecular formula is C19H24ClFN2O. The van der Waals surface area contributed by atoms with Gasteiger partial charge in [0.2, 0.25) is 0 Å². The number of aliphatic hydroxyl groups excluding tert-OH is 1. The van der Waals surface area contributed by atoms with E-state index in [9.17, 15) is 9.50 Å². The second-order valence-electron chi connectivity index (χ2n) is 6.23. The van der Waals surface area contributed by atoms with Crippen LogP contribution in [0.2, 0.25) is 5.02 Å². The van der Waals surface area contributed by atoms with Gasteiger partial charge in [-0.3, -0.25) is 9.80 Å². The molecule has 130 valence electrons. The highest BCUT2D eigenvalue weighted by molar-refractivity contribution is 6.31. The van der Waals surface area contributed by atoms with E-state index < -0.39 is 6.10 Å². The van der Waals surface area contributed by atoms with Crippen LogP contribution in [0.3, 0.4) is 0 Å². The average Bonchev–Trinajstić information content (AvgIpc) is 2.51. The van der Waals surface area contributed by atoms with Crippen LogP contribution in [0.5, 0.6) is 0 Å². The van der Waals surface area contributed by atoms with Crippen molar-refractivity contribution in [1.29, 1.82) is 0 Å². The summed E-state index contributed by atoms with van der Waals surface area (Å²) >= 11 is 6.05. The monoisotopic (exact) mass is 350 g/mol. The molecule has 0 heterocycles. The van der Waals surface area contributed by atoms with Crippen LogP contribution in [0.1, 0.15) is 11.1 Å². The highest BCUT2D eigenvalue weighted by Crippen LogP contribution is 2.20. The Hall–Kier alpha value is -1.46. The lowest BCUT2D eigenvalue weighted by atomic mass is 10.2. The standard InChI is InChI=1S/C19H24ClFN2O/c1-22(11-15-7-4-3-5-8-15)12-16(24)13-23(2)14-17-18(20)9-6-10-19(17)21/h3-10,16,24H,11-14H2,1-2H3. The van der Waals surface area contributed by atoms with Gasteiger partial charge in [0.05, 0.1) is 6.10 Å². The molecule has 1 N–H and O–H groups in total. The highest BCUT2D eigenvalue weighted by Gasteiger charge is 2.14. The molecule has 2 aromatic rings. The third-order valence-corrected chi connectivity index (χ3v) is 4.18. The van der Waals surface area contributed by atoms with E-state index in [0.717, 1.165) is 6.54 Å². The Labute approximate surface area is 148 Å². The molecule has 1 unspecified atom stereocenters. The van der Waals surface area contributed by atoms with E-state index in [2.05, 4.69) is 17.0 Å². The van der Waals surface area contributed by atoms with E-state index >= 15 is 0 Å². The number of aliphatic hydroxyl groups is 1. The van der Waals surface area contributed by atoms with Gasteiger partial charge in [0, 0.05) is 36.8 Å². The molecule has 0 aliphatic heterocycles. The zero-order valence-electron chi connectivity index (χ0n) is 14.1. The van der Waals surface area contributed by atoms with Crippen LogP contribution in [0.4, 0.5) is 4.39 Å². The molecule has 0 aliphatic rings. The Morgan fingerprint density at radius 3 is 2.21 bits per heavy atom. The molecule has 5 heteroatoms. The molecule has 0 saturated carbocycles. The Balaban J connectivity index is 1.82. The van der Waals surface area contributed by atoms with E-state index in [4.69, 9.17) is 11.6 Å². The van der Waals surface area contributed by atoms with Crippen molar-refractivity contribution in [2.75, 3.05) is 27.2 Å². The summed E-state index contributed by atoms with van der Waals surface area (Å²) < 4.78 is 13.8. The molecule has 0 aromatic heterocycles. The van der Waals surface area contributed by atoms with E-state index in [1.54, 1.807) is 12.1 Å². The number of nitrogens with zero attached hydrogens (tertiary/aromatic N) is 2. The molecule has 24 heavy (non-hydrogen) atoms. The topological polar surface area (TPSA) is 26.7 Å². The normalized spacial score (nSPS) is 12.8. The van der Waals surface area contributed by atoms with Gasteiger partial charge in [-0.05, 0) is 31.8 Å². The molecule has 2 rings (SSSR count). The lowest BCUT2D eigenvalue weighted by molar-refractivity contribution is 0.0864. The van der Waals surface area contributed by atoms with Gasteiger partial charge in [-0.25, -0.2) is 4.39 Å². The van der Waals surface area contributed by atoms with Gasteiger partial charge < -0.3 is 5.11 Å². The fraction of sp³-hybridized carbons (Fsp3) is 0.368. The van der Waals surface area contributed by atoms with Crippen LogP contribution in [-0.2, 0) is 13.1 Å². The Morgan fingerprint density at radius 2 is 1.58 bits per heavy atom. The number of rotatable bonds is 8. The van der Waals surface area contributed by atoms with Gasteiger partial charge >= 0.3 is 0 Å². The smallest absolute Gasteiger partial charge is 0.129 e. The molecule has 2 aromatic carbocycles. The van der Waals surface area contributed by atoms with E-state index in [-0.39, 0.29) is 5.82 Å².